The van der Waals surface area contributed by atoms with Gasteiger partial charge in [-0.15, -0.1) is 0 Å². The molecule has 6 heteroatoms. The summed E-state index contributed by atoms with van der Waals surface area (Å²) in [6, 6.07) is 0.430. The number of imidazole rings is 1. The van der Waals surface area contributed by atoms with E-state index in [1.165, 1.54) is 5.69 Å². The lowest BCUT2D eigenvalue weighted by molar-refractivity contribution is -0.138. The number of hydrogen-bond donors (Lipinski definition) is 1. The molecule has 2 heterocycles. The molecule has 1 aliphatic rings. The highest BCUT2D eigenvalue weighted by molar-refractivity contribution is 5.66. The van der Waals surface area contributed by atoms with Crippen molar-refractivity contribution < 1.29 is 14.6 Å². The Morgan fingerprint density at radius 3 is 2.81 bits per heavy atom. The maximum atomic E-state index is 10.5. The zero-order valence-electron chi connectivity index (χ0n) is 12.9. The largest absolute Gasteiger partial charge is 0.481 e. The standard InChI is InChI=1S/C15H25N3O3/c1-12(2)18-11-16-9-13(18)10-17-6-3-14(4-7-17)21-8-5-15(19)20/h9,11-12,14H,3-8,10H2,1-2H3,(H,19,20). The van der Waals surface area contributed by atoms with Crippen molar-refractivity contribution in [2.45, 2.75) is 51.8 Å². The van der Waals surface area contributed by atoms with Gasteiger partial charge in [-0.1, -0.05) is 0 Å². The number of likely N-dealkylation sites (tertiary alicyclic amines) is 1. The predicted octanol–water partition coefficient (Wildman–Crippen LogP) is 1.92. The molecule has 0 spiro atoms. The van der Waals surface area contributed by atoms with Crippen molar-refractivity contribution in [2.24, 2.45) is 0 Å². The van der Waals surface area contributed by atoms with Crippen molar-refractivity contribution in [1.82, 2.24) is 14.5 Å². The zero-order valence-corrected chi connectivity index (χ0v) is 12.9. The van der Waals surface area contributed by atoms with Crippen LogP contribution in [0.4, 0.5) is 0 Å². The highest BCUT2D eigenvalue weighted by Crippen LogP contribution is 2.18. The van der Waals surface area contributed by atoms with Gasteiger partial charge in [0.15, 0.2) is 0 Å². The molecule has 0 unspecified atom stereocenters. The van der Waals surface area contributed by atoms with Crippen LogP contribution in [0.15, 0.2) is 12.5 Å². The van der Waals surface area contributed by atoms with Gasteiger partial charge in [0.1, 0.15) is 0 Å². The normalized spacial score (nSPS) is 17.5. The molecule has 1 aliphatic heterocycles. The third-order valence-electron chi connectivity index (χ3n) is 3.89. The molecule has 6 nitrogen and oxygen atoms in total. The van der Waals surface area contributed by atoms with Crippen LogP contribution in [-0.4, -0.2) is 51.3 Å². The summed E-state index contributed by atoms with van der Waals surface area (Å²) in [5.41, 5.74) is 1.25. The molecule has 0 aliphatic carbocycles. The fourth-order valence-corrected chi connectivity index (χ4v) is 2.70. The number of rotatable bonds is 7. The Hall–Kier alpha value is -1.40. The van der Waals surface area contributed by atoms with Crippen LogP contribution in [0.25, 0.3) is 0 Å². The van der Waals surface area contributed by atoms with Crippen molar-refractivity contribution >= 4 is 5.97 Å². The zero-order chi connectivity index (χ0) is 15.2. The van der Waals surface area contributed by atoms with Crippen molar-refractivity contribution in [1.29, 1.82) is 0 Å². The van der Waals surface area contributed by atoms with E-state index in [0.29, 0.717) is 12.6 Å². The molecule has 21 heavy (non-hydrogen) atoms. The van der Waals surface area contributed by atoms with E-state index in [1.807, 2.05) is 12.5 Å². The summed E-state index contributed by atoms with van der Waals surface area (Å²) in [4.78, 5) is 17.1. The number of carbonyl (C=O) groups is 1. The van der Waals surface area contributed by atoms with Crippen LogP contribution in [-0.2, 0) is 16.1 Å². The summed E-state index contributed by atoms with van der Waals surface area (Å²) >= 11 is 0. The molecule has 118 valence electrons. The molecule has 0 radical (unpaired) electrons. The van der Waals surface area contributed by atoms with Gasteiger partial charge in [-0.25, -0.2) is 4.98 Å². The second-order valence-electron chi connectivity index (χ2n) is 5.88. The fourth-order valence-electron chi connectivity index (χ4n) is 2.70. The summed E-state index contributed by atoms with van der Waals surface area (Å²) in [7, 11) is 0. The van der Waals surface area contributed by atoms with Gasteiger partial charge in [0.05, 0.1) is 31.2 Å². The lowest BCUT2D eigenvalue weighted by Crippen LogP contribution is -2.37. The van der Waals surface area contributed by atoms with Gasteiger partial charge in [0.25, 0.3) is 0 Å². The average molecular weight is 295 g/mol. The molecule has 0 amide bonds. The number of carboxylic acid groups (broad SMARTS) is 1. The van der Waals surface area contributed by atoms with Crippen molar-refractivity contribution in [3.8, 4) is 0 Å². The Balaban J connectivity index is 1.74. The summed E-state index contributed by atoms with van der Waals surface area (Å²) < 4.78 is 7.82. The predicted molar refractivity (Wildman–Crippen MR) is 79.1 cm³/mol. The van der Waals surface area contributed by atoms with Crippen LogP contribution in [0.5, 0.6) is 0 Å². The third-order valence-corrected chi connectivity index (χ3v) is 3.89. The summed E-state index contributed by atoms with van der Waals surface area (Å²) in [5.74, 6) is -0.797. The van der Waals surface area contributed by atoms with E-state index >= 15 is 0 Å². The SMILES string of the molecule is CC(C)n1cncc1CN1CCC(OCCC(=O)O)CC1. The van der Waals surface area contributed by atoms with Gasteiger partial charge < -0.3 is 14.4 Å². The second kappa shape index (κ2) is 7.56. The van der Waals surface area contributed by atoms with Crippen LogP contribution >= 0.6 is 0 Å². The van der Waals surface area contributed by atoms with Crippen LogP contribution in [0, 0.1) is 0 Å². The van der Waals surface area contributed by atoms with E-state index in [-0.39, 0.29) is 12.5 Å². The Bertz CT molecular complexity index is 451. The minimum Gasteiger partial charge on any atom is -0.481 e. The molecule has 1 aromatic heterocycles. The first-order chi connectivity index (χ1) is 10.1. The first-order valence-corrected chi connectivity index (χ1v) is 7.62. The number of hydrogen-bond acceptors (Lipinski definition) is 4. The van der Waals surface area contributed by atoms with E-state index in [2.05, 4.69) is 28.3 Å². The molecule has 1 saturated heterocycles. The van der Waals surface area contributed by atoms with Crippen LogP contribution in [0.3, 0.4) is 0 Å². The molecule has 2 rings (SSSR count). The highest BCUT2D eigenvalue weighted by Gasteiger charge is 2.21. The summed E-state index contributed by atoms with van der Waals surface area (Å²) in [5, 5.41) is 8.60. The Morgan fingerprint density at radius 1 is 1.48 bits per heavy atom. The number of aromatic nitrogens is 2. The average Bonchev–Trinajstić information content (AvgIpc) is 2.89. The Morgan fingerprint density at radius 2 is 2.19 bits per heavy atom. The first kappa shape index (κ1) is 16.0. The van der Waals surface area contributed by atoms with Crippen LogP contribution < -0.4 is 0 Å². The van der Waals surface area contributed by atoms with Gasteiger partial charge in [-0.2, -0.15) is 0 Å². The first-order valence-electron chi connectivity index (χ1n) is 7.62. The summed E-state index contributed by atoms with van der Waals surface area (Å²) in [6.07, 6.45) is 6.06. The minimum absolute atomic E-state index is 0.0911. The topological polar surface area (TPSA) is 67.6 Å². The number of ether oxygens (including phenoxy) is 1. The van der Waals surface area contributed by atoms with E-state index in [9.17, 15) is 4.79 Å². The molecular weight excluding hydrogens is 270 g/mol. The fraction of sp³-hybridized carbons (Fsp3) is 0.733. The number of aliphatic carboxylic acids is 1. The molecule has 1 aromatic rings. The second-order valence-corrected chi connectivity index (χ2v) is 5.88. The molecular formula is C15H25N3O3. The molecule has 1 fully saturated rings. The molecule has 0 atom stereocenters. The summed E-state index contributed by atoms with van der Waals surface area (Å²) in [6.45, 7) is 7.53. The monoisotopic (exact) mass is 295 g/mol. The van der Waals surface area contributed by atoms with E-state index in [0.717, 1.165) is 32.5 Å². The molecule has 0 saturated carbocycles. The molecule has 0 bridgehead atoms. The van der Waals surface area contributed by atoms with Gasteiger partial charge in [0, 0.05) is 31.9 Å². The number of carboxylic acids is 1. The van der Waals surface area contributed by atoms with Crippen LogP contribution in [0.1, 0.15) is 44.8 Å². The van der Waals surface area contributed by atoms with Gasteiger partial charge in [-0.05, 0) is 26.7 Å². The smallest absolute Gasteiger partial charge is 0.305 e. The maximum Gasteiger partial charge on any atom is 0.305 e. The van der Waals surface area contributed by atoms with Crippen molar-refractivity contribution in [3.05, 3.63) is 18.2 Å². The number of nitrogens with zero attached hydrogens (tertiary/aromatic N) is 3. The number of piperidine rings is 1. The third kappa shape index (κ3) is 4.82. The van der Waals surface area contributed by atoms with Crippen LogP contribution in [0.2, 0.25) is 0 Å². The highest BCUT2D eigenvalue weighted by atomic mass is 16.5. The van der Waals surface area contributed by atoms with E-state index < -0.39 is 5.97 Å². The van der Waals surface area contributed by atoms with Gasteiger partial charge >= 0.3 is 5.97 Å². The Kier molecular flexibility index (Phi) is 5.76. The van der Waals surface area contributed by atoms with Gasteiger partial charge in [-0.3, -0.25) is 9.69 Å². The van der Waals surface area contributed by atoms with E-state index in [4.69, 9.17) is 9.84 Å². The lowest BCUT2D eigenvalue weighted by Gasteiger charge is -2.32. The minimum atomic E-state index is -0.797. The Labute approximate surface area is 125 Å². The lowest BCUT2D eigenvalue weighted by atomic mass is 10.1. The quantitative estimate of drug-likeness (QED) is 0.832. The molecule has 1 N–H and O–H groups in total. The molecule has 0 aromatic carbocycles. The van der Waals surface area contributed by atoms with Crippen molar-refractivity contribution in [2.75, 3.05) is 19.7 Å². The van der Waals surface area contributed by atoms with E-state index in [1.54, 1.807) is 0 Å². The maximum absolute atomic E-state index is 10.5. The van der Waals surface area contributed by atoms with Gasteiger partial charge in [0.2, 0.25) is 0 Å². The van der Waals surface area contributed by atoms with Crippen molar-refractivity contribution in [3.63, 3.8) is 0 Å².